The first-order valence-corrected chi connectivity index (χ1v) is 5.23. The third kappa shape index (κ3) is 2.87. The lowest BCUT2D eigenvalue weighted by molar-refractivity contribution is 0.185. The van der Waals surface area contributed by atoms with Gasteiger partial charge in [0.15, 0.2) is 0 Å². The summed E-state index contributed by atoms with van der Waals surface area (Å²) in [6.07, 6.45) is 2.10. The van der Waals surface area contributed by atoms with E-state index in [0.29, 0.717) is 6.54 Å². The minimum atomic E-state index is -0.168. The molecule has 1 rings (SSSR count). The van der Waals surface area contributed by atoms with Gasteiger partial charge in [-0.3, -0.25) is 0 Å². The molecule has 0 spiro atoms. The largest absolute Gasteiger partial charge is 0.333 e. The minimum Gasteiger partial charge on any atom is -0.333 e. The topological polar surface area (TPSA) is 58.4 Å². The SMILES string of the molecule is CC(C)(C)NC(=O)N1CCC[C@@H]1CN. The average Bonchev–Trinajstić information content (AvgIpc) is 2.47. The number of carbonyl (C=O) groups is 1. The van der Waals surface area contributed by atoms with E-state index in [4.69, 9.17) is 5.73 Å². The number of rotatable bonds is 1. The lowest BCUT2D eigenvalue weighted by atomic mass is 10.1. The van der Waals surface area contributed by atoms with E-state index < -0.39 is 0 Å². The number of nitrogens with one attached hydrogen (secondary N) is 1. The molecule has 1 aliphatic rings. The van der Waals surface area contributed by atoms with Crippen LogP contribution in [0, 0.1) is 0 Å². The molecule has 0 aromatic carbocycles. The van der Waals surface area contributed by atoms with Crippen molar-refractivity contribution < 1.29 is 4.79 Å². The molecule has 14 heavy (non-hydrogen) atoms. The first kappa shape index (κ1) is 11.3. The van der Waals surface area contributed by atoms with Gasteiger partial charge in [0.25, 0.3) is 0 Å². The molecule has 0 unspecified atom stereocenters. The van der Waals surface area contributed by atoms with E-state index in [9.17, 15) is 4.79 Å². The standard InChI is InChI=1S/C10H21N3O/c1-10(2,3)12-9(14)13-6-4-5-8(13)7-11/h8H,4-7,11H2,1-3H3,(H,12,14)/t8-/m1/s1. The summed E-state index contributed by atoms with van der Waals surface area (Å²) in [6.45, 7) is 7.36. The molecule has 4 nitrogen and oxygen atoms in total. The van der Waals surface area contributed by atoms with Crippen molar-refractivity contribution in [3.05, 3.63) is 0 Å². The van der Waals surface area contributed by atoms with E-state index >= 15 is 0 Å². The molecule has 0 aromatic rings. The minimum absolute atomic E-state index is 0.0189. The first-order valence-electron chi connectivity index (χ1n) is 5.23. The maximum atomic E-state index is 11.8. The Kier molecular flexibility index (Phi) is 3.37. The van der Waals surface area contributed by atoms with Gasteiger partial charge < -0.3 is 16.0 Å². The zero-order valence-corrected chi connectivity index (χ0v) is 9.34. The van der Waals surface area contributed by atoms with Crippen LogP contribution in [0.2, 0.25) is 0 Å². The van der Waals surface area contributed by atoms with Crippen molar-refractivity contribution in [1.82, 2.24) is 10.2 Å². The summed E-state index contributed by atoms with van der Waals surface area (Å²) in [7, 11) is 0. The molecule has 1 fully saturated rings. The number of amides is 2. The van der Waals surface area contributed by atoms with Crippen LogP contribution in [0.4, 0.5) is 4.79 Å². The first-order chi connectivity index (χ1) is 6.44. The Labute approximate surface area is 85.8 Å². The lowest BCUT2D eigenvalue weighted by Crippen LogP contribution is -2.51. The van der Waals surface area contributed by atoms with E-state index in [1.54, 1.807) is 0 Å². The van der Waals surface area contributed by atoms with Gasteiger partial charge >= 0.3 is 6.03 Å². The maximum Gasteiger partial charge on any atom is 0.318 e. The monoisotopic (exact) mass is 199 g/mol. The van der Waals surface area contributed by atoms with Crippen LogP contribution < -0.4 is 11.1 Å². The van der Waals surface area contributed by atoms with E-state index in [1.165, 1.54) is 0 Å². The Bertz CT molecular complexity index is 210. The summed E-state index contributed by atoms with van der Waals surface area (Å²) in [5.74, 6) is 0. The summed E-state index contributed by atoms with van der Waals surface area (Å²) in [5, 5.41) is 2.96. The van der Waals surface area contributed by atoms with Gasteiger partial charge in [0.05, 0.1) is 0 Å². The smallest absolute Gasteiger partial charge is 0.318 e. The number of hydrogen-bond acceptors (Lipinski definition) is 2. The van der Waals surface area contributed by atoms with Gasteiger partial charge in [-0.1, -0.05) is 0 Å². The predicted molar refractivity (Wildman–Crippen MR) is 57.1 cm³/mol. The van der Waals surface area contributed by atoms with Crippen molar-refractivity contribution in [2.75, 3.05) is 13.1 Å². The van der Waals surface area contributed by atoms with Crippen molar-refractivity contribution in [3.8, 4) is 0 Å². The molecule has 0 aliphatic carbocycles. The van der Waals surface area contributed by atoms with Crippen LogP contribution in [0.15, 0.2) is 0 Å². The molecule has 0 bridgehead atoms. The number of likely N-dealkylation sites (tertiary alicyclic amines) is 1. The van der Waals surface area contributed by atoms with Gasteiger partial charge in [0.2, 0.25) is 0 Å². The summed E-state index contributed by atoms with van der Waals surface area (Å²) < 4.78 is 0. The molecular weight excluding hydrogens is 178 g/mol. The van der Waals surface area contributed by atoms with Crippen LogP contribution in [-0.4, -0.2) is 35.6 Å². The number of nitrogens with two attached hydrogens (primary N) is 1. The van der Waals surface area contributed by atoms with E-state index in [0.717, 1.165) is 19.4 Å². The van der Waals surface area contributed by atoms with Gasteiger partial charge in [-0.2, -0.15) is 0 Å². The highest BCUT2D eigenvalue weighted by Crippen LogP contribution is 2.16. The molecule has 2 amide bonds. The predicted octanol–water partition coefficient (Wildman–Crippen LogP) is 0.918. The number of urea groups is 1. The van der Waals surface area contributed by atoms with E-state index in [-0.39, 0.29) is 17.6 Å². The fourth-order valence-electron chi connectivity index (χ4n) is 1.74. The van der Waals surface area contributed by atoms with Crippen LogP contribution in [0.5, 0.6) is 0 Å². The average molecular weight is 199 g/mol. The zero-order chi connectivity index (χ0) is 10.8. The van der Waals surface area contributed by atoms with Crippen LogP contribution in [0.1, 0.15) is 33.6 Å². The fourth-order valence-corrected chi connectivity index (χ4v) is 1.74. The van der Waals surface area contributed by atoms with Crippen molar-refractivity contribution >= 4 is 6.03 Å². The van der Waals surface area contributed by atoms with Crippen molar-refractivity contribution in [2.45, 2.75) is 45.2 Å². The van der Waals surface area contributed by atoms with Crippen LogP contribution in [0.3, 0.4) is 0 Å². The quantitative estimate of drug-likeness (QED) is 0.659. The van der Waals surface area contributed by atoms with Crippen LogP contribution in [0.25, 0.3) is 0 Å². The van der Waals surface area contributed by atoms with E-state index in [1.807, 2.05) is 25.7 Å². The van der Waals surface area contributed by atoms with Gasteiger partial charge in [0, 0.05) is 24.7 Å². The van der Waals surface area contributed by atoms with Crippen molar-refractivity contribution in [1.29, 1.82) is 0 Å². The molecule has 4 heteroatoms. The molecule has 0 radical (unpaired) electrons. The van der Waals surface area contributed by atoms with Gasteiger partial charge in [0.1, 0.15) is 0 Å². The highest BCUT2D eigenvalue weighted by molar-refractivity contribution is 5.75. The number of nitrogens with zero attached hydrogens (tertiary/aromatic N) is 1. The molecule has 0 aromatic heterocycles. The molecule has 1 atom stereocenters. The van der Waals surface area contributed by atoms with Crippen molar-refractivity contribution in [2.24, 2.45) is 5.73 Å². The number of carbonyl (C=O) groups excluding carboxylic acids is 1. The third-order valence-corrected chi connectivity index (χ3v) is 2.39. The third-order valence-electron chi connectivity index (χ3n) is 2.39. The van der Waals surface area contributed by atoms with Crippen LogP contribution in [-0.2, 0) is 0 Å². The highest BCUT2D eigenvalue weighted by Gasteiger charge is 2.29. The van der Waals surface area contributed by atoms with E-state index in [2.05, 4.69) is 5.32 Å². The van der Waals surface area contributed by atoms with Gasteiger partial charge in [-0.25, -0.2) is 4.79 Å². The highest BCUT2D eigenvalue weighted by atomic mass is 16.2. The zero-order valence-electron chi connectivity index (χ0n) is 9.34. The normalized spacial score (nSPS) is 22.6. The summed E-state index contributed by atoms with van der Waals surface area (Å²) in [5.41, 5.74) is 5.44. The molecule has 82 valence electrons. The molecule has 1 aliphatic heterocycles. The Hall–Kier alpha value is -0.770. The van der Waals surface area contributed by atoms with Gasteiger partial charge in [-0.05, 0) is 33.6 Å². The Balaban J connectivity index is 2.52. The molecule has 1 saturated heterocycles. The fraction of sp³-hybridized carbons (Fsp3) is 0.900. The van der Waals surface area contributed by atoms with Gasteiger partial charge in [-0.15, -0.1) is 0 Å². The summed E-state index contributed by atoms with van der Waals surface area (Å²) >= 11 is 0. The Morgan fingerprint density at radius 1 is 1.57 bits per heavy atom. The van der Waals surface area contributed by atoms with Crippen LogP contribution >= 0.6 is 0 Å². The summed E-state index contributed by atoms with van der Waals surface area (Å²) in [6, 6.07) is 0.253. The van der Waals surface area contributed by atoms with Crippen molar-refractivity contribution in [3.63, 3.8) is 0 Å². The molecular formula is C10H21N3O. The Morgan fingerprint density at radius 3 is 2.71 bits per heavy atom. The second-order valence-electron chi connectivity index (χ2n) is 4.91. The Morgan fingerprint density at radius 2 is 2.21 bits per heavy atom. The second kappa shape index (κ2) is 4.17. The molecule has 3 N–H and O–H groups in total. The second-order valence-corrected chi connectivity index (χ2v) is 4.91. The number of hydrogen-bond donors (Lipinski definition) is 2. The lowest BCUT2D eigenvalue weighted by Gasteiger charge is -2.29. The molecule has 1 heterocycles. The molecule has 0 saturated carbocycles. The maximum absolute atomic E-state index is 11.8. The summed E-state index contributed by atoms with van der Waals surface area (Å²) in [4.78, 5) is 13.6.